The second kappa shape index (κ2) is 8.94. The van der Waals surface area contributed by atoms with Crippen LogP contribution in [0.4, 0.5) is 15.9 Å². The zero-order valence-electron chi connectivity index (χ0n) is 17.7. The third kappa shape index (κ3) is 4.80. The van der Waals surface area contributed by atoms with Crippen LogP contribution in [0.1, 0.15) is 30.5 Å². The molecule has 31 heavy (non-hydrogen) atoms. The Bertz CT molecular complexity index is 1220. The molecule has 0 aliphatic carbocycles. The van der Waals surface area contributed by atoms with E-state index in [1.165, 1.54) is 11.6 Å². The number of anilines is 2. The molecular weight excluding hydrogens is 411 g/mol. The van der Waals surface area contributed by atoms with Crippen molar-refractivity contribution in [3.05, 3.63) is 94.4 Å². The SMILES string of the molecule is Cc1ccc(Cc2c(Nc3ccc(OC(C)C)c(F)c3)nc(Cl)c3ccccc23)cc1. The molecule has 0 spiro atoms. The van der Waals surface area contributed by atoms with E-state index in [-0.39, 0.29) is 11.9 Å². The van der Waals surface area contributed by atoms with Crippen molar-refractivity contribution >= 4 is 33.9 Å². The molecule has 1 heterocycles. The molecule has 0 saturated carbocycles. The summed E-state index contributed by atoms with van der Waals surface area (Å²) in [7, 11) is 0. The van der Waals surface area contributed by atoms with Gasteiger partial charge >= 0.3 is 0 Å². The molecule has 0 fully saturated rings. The Morgan fingerprint density at radius 2 is 1.71 bits per heavy atom. The van der Waals surface area contributed by atoms with Gasteiger partial charge in [-0.1, -0.05) is 65.7 Å². The van der Waals surface area contributed by atoms with E-state index < -0.39 is 5.82 Å². The molecular formula is C26H24ClFN2O. The Morgan fingerprint density at radius 3 is 2.39 bits per heavy atom. The van der Waals surface area contributed by atoms with E-state index in [1.54, 1.807) is 12.1 Å². The highest BCUT2D eigenvalue weighted by Gasteiger charge is 2.15. The summed E-state index contributed by atoms with van der Waals surface area (Å²) < 4.78 is 20.0. The number of nitrogens with zero attached hydrogens (tertiary/aromatic N) is 1. The minimum Gasteiger partial charge on any atom is -0.488 e. The number of benzene rings is 3. The molecule has 4 rings (SSSR count). The number of aryl methyl sites for hydroxylation is 1. The lowest BCUT2D eigenvalue weighted by Crippen LogP contribution is -2.07. The maximum atomic E-state index is 14.5. The molecule has 0 atom stereocenters. The van der Waals surface area contributed by atoms with Crippen LogP contribution in [0.25, 0.3) is 10.8 Å². The van der Waals surface area contributed by atoms with Crippen LogP contribution in [0.5, 0.6) is 5.75 Å². The summed E-state index contributed by atoms with van der Waals surface area (Å²) in [5.41, 5.74) is 3.96. The lowest BCUT2D eigenvalue weighted by atomic mass is 9.99. The van der Waals surface area contributed by atoms with Gasteiger partial charge in [-0.15, -0.1) is 0 Å². The molecule has 0 amide bonds. The van der Waals surface area contributed by atoms with Gasteiger partial charge in [0.2, 0.25) is 0 Å². The Kier molecular flexibility index (Phi) is 6.10. The van der Waals surface area contributed by atoms with E-state index in [1.807, 2.05) is 38.1 Å². The topological polar surface area (TPSA) is 34.1 Å². The molecule has 3 aromatic carbocycles. The van der Waals surface area contributed by atoms with E-state index in [0.717, 1.165) is 21.9 Å². The molecule has 1 aromatic heterocycles. The summed E-state index contributed by atoms with van der Waals surface area (Å²) in [4.78, 5) is 4.61. The number of aromatic nitrogens is 1. The smallest absolute Gasteiger partial charge is 0.167 e. The summed E-state index contributed by atoms with van der Waals surface area (Å²) in [6.07, 6.45) is 0.569. The molecule has 0 aliphatic heterocycles. The summed E-state index contributed by atoms with van der Waals surface area (Å²) in [5.74, 6) is 0.414. The maximum absolute atomic E-state index is 14.5. The maximum Gasteiger partial charge on any atom is 0.167 e. The highest BCUT2D eigenvalue weighted by atomic mass is 35.5. The second-order valence-electron chi connectivity index (χ2n) is 7.87. The Morgan fingerprint density at radius 1 is 1.00 bits per heavy atom. The molecule has 5 heteroatoms. The van der Waals surface area contributed by atoms with Crippen LogP contribution in [0.15, 0.2) is 66.7 Å². The highest BCUT2D eigenvalue weighted by Crippen LogP contribution is 2.34. The van der Waals surface area contributed by atoms with Crippen molar-refractivity contribution in [2.45, 2.75) is 33.3 Å². The van der Waals surface area contributed by atoms with Crippen LogP contribution in [0.2, 0.25) is 5.15 Å². The van der Waals surface area contributed by atoms with Crippen molar-refractivity contribution in [2.75, 3.05) is 5.32 Å². The molecule has 3 nitrogen and oxygen atoms in total. The highest BCUT2D eigenvalue weighted by molar-refractivity contribution is 6.34. The number of pyridine rings is 1. The fourth-order valence-corrected chi connectivity index (χ4v) is 3.79. The van der Waals surface area contributed by atoms with Crippen LogP contribution in [-0.4, -0.2) is 11.1 Å². The average molecular weight is 435 g/mol. The van der Waals surface area contributed by atoms with Gasteiger partial charge in [0.1, 0.15) is 11.0 Å². The van der Waals surface area contributed by atoms with Crippen molar-refractivity contribution in [1.82, 2.24) is 4.98 Å². The van der Waals surface area contributed by atoms with Gasteiger partial charge in [-0.25, -0.2) is 9.37 Å². The molecule has 0 radical (unpaired) electrons. The summed E-state index contributed by atoms with van der Waals surface area (Å²) in [6, 6.07) is 21.2. The zero-order chi connectivity index (χ0) is 22.0. The molecule has 0 aliphatic rings. The van der Waals surface area contributed by atoms with Gasteiger partial charge < -0.3 is 10.1 Å². The standard InChI is InChI=1S/C26H24ClFN2O/c1-16(2)31-24-13-12-19(15-23(24)28)29-26-22(14-18-10-8-17(3)9-11-18)20-6-4-5-7-21(20)25(27)30-26/h4-13,15-16H,14H2,1-3H3,(H,29,30). The normalized spacial score (nSPS) is 11.2. The molecule has 158 valence electrons. The third-order valence-electron chi connectivity index (χ3n) is 5.03. The minimum absolute atomic E-state index is 0.101. The van der Waals surface area contributed by atoms with E-state index in [9.17, 15) is 4.39 Å². The number of ether oxygens (including phenoxy) is 1. The van der Waals surface area contributed by atoms with Crippen molar-refractivity contribution in [2.24, 2.45) is 0 Å². The predicted molar refractivity (Wildman–Crippen MR) is 126 cm³/mol. The molecule has 1 N–H and O–H groups in total. The minimum atomic E-state index is -0.425. The van der Waals surface area contributed by atoms with Gasteiger partial charge in [0.25, 0.3) is 0 Å². The van der Waals surface area contributed by atoms with Gasteiger partial charge in [-0.2, -0.15) is 0 Å². The molecule has 0 bridgehead atoms. The first kappa shape index (κ1) is 21.1. The number of halogens is 2. The molecule has 4 aromatic rings. The average Bonchev–Trinajstić information content (AvgIpc) is 2.74. The monoisotopic (exact) mass is 434 g/mol. The van der Waals surface area contributed by atoms with Crippen LogP contribution < -0.4 is 10.1 Å². The first-order valence-electron chi connectivity index (χ1n) is 10.3. The fraction of sp³-hybridized carbons (Fsp3) is 0.192. The van der Waals surface area contributed by atoms with Crippen molar-refractivity contribution in [3.8, 4) is 5.75 Å². The molecule has 0 saturated heterocycles. The van der Waals surface area contributed by atoms with E-state index in [2.05, 4.69) is 41.5 Å². The van der Waals surface area contributed by atoms with Crippen LogP contribution in [-0.2, 0) is 6.42 Å². The van der Waals surface area contributed by atoms with Gasteiger partial charge in [0, 0.05) is 29.1 Å². The van der Waals surface area contributed by atoms with Crippen LogP contribution in [0, 0.1) is 12.7 Å². The Balaban J connectivity index is 1.76. The van der Waals surface area contributed by atoms with E-state index in [4.69, 9.17) is 16.3 Å². The summed E-state index contributed by atoms with van der Waals surface area (Å²) in [6.45, 7) is 5.80. The molecule has 0 unspecified atom stereocenters. The van der Waals surface area contributed by atoms with Crippen molar-refractivity contribution in [1.29, 1.82) is 0 Å². The third-order valence-corrected chi connectivity index (χ3v) is 5.32. The Labute approximate surface area is 186 Å². The lowest BCUT2D eigenvalue weighted by molar-refractivity contribution is 0.231. The number of nitrogens with one attached hydrogen (secondary N) is 1. The van der Waals surface area contributed by atoms with E-state index in [0.29, 0.717) is 23.1 Å². The Hall–Kier alpha value is -3.11. The van der Waals surface area contributed by atoms with Crippen LogP contribution in [0.3, 0.4) is 0 Å². The van der Waals surface area contributed by atoms with Crippen molar-refractivity contribution in [3.63, 3.8) is 0 Å². The quantitative estimate of drug-likeness (QED) is 0.320. The number of hydrogen-bond acceptors (Lipinski definition) is 3. The predicted octanol–water partition coefficient (Wildman–Crippen LogP) is 7.46. The van der Waals surface area contributed by atoms with E-state index >= 15 is 0 Å². The number of hydrogen-bond donors (Lipinski definition) is 1. The lowest BCUT2D eigenvalue weighted by Gasteiger charge is -2.16. The summed E-state index contributed by atoms with van der Waals surface area (Å²) in [5, 5.41) is 5.59. The second-order valence-corrected chi connectivity index (χ2v) is 8.23. The largest absolute Gasteiger partial charge is 0.488 e. The van der Waals surface area contributed by atoms with Crippen molar-refractivity contribution < 1.29 is 9.13 Å². The first-order valence-corrected chi connectivity index (χ1v) is 10.6. The van der Waals surface area contributed by atoms with Crippen LogP contribution >= 0.6 is 11.6 Å². The number of rotatable bonds is 6. The van der Waals surface area contributed by atoms with Gasteiger partial charge in [-0.05, 0) is 43.9 Å². The van der Waals surface area contributed by atoms with Gasteiger partial charge in [0.15, 0.2) is 11.6 Å². The van der Waals surface area contributed by atoms with Gasteiger partial charge in [0.05, 0.1) is 6.10 Å². The fourth-order valence-electron chi connectivity index (χ4n) is 3.54. The summed E-state index contributed by atoms with van der Waals surface area (Å²) >= 11 is 6.49. The zero-order valence-corrected chi connectivity index (χ0v) is 18.5. The number of fused-ring (bicyclic) bond motifs is 1. The first-order chi connectivity index (χ1) is 14.9. The van der Waals surface area contributed by atoms with Gasteiger partial charge in [-0.3, -0.25) is 0 Å².